The monoisotopic (exact) mass is 235 g/mol. The van der Waals surface area contributed by atoms with Gasteiger partial charge in [0.15, 0.2) is 0 Å². The van der Waals surface area contributed by atoms with Gasteiger partial charge in [-0.3, -0.25) is 0 Å². The highest BCUT2D eigenvalue weighted by molar-refractivity contribution is 5.35. The lowest BCUT2D eigenvalue weighted by atomic mass is 10.1. The summed E-state index contributed by atoms with van der Waals surface area (Å²) in [6.45, 7) is 10.3. The van der Waals surface area contributed by atoms with Gasteiger partial charge in [-0.25, -0.2) is 0 Å². The van der Waals surface area contributed by atoms with Crippen molar-refractivity contribution < 1.29 is 4.74 Å². The second-order valence-electron chi connectivity index (χ2n) is 4.58. The lowest BCUT2D eigenvalue weighted by Gasteiger charge is -2.15. The number of aryl methyl sites for hydroxylation is 2. The summed E-state index contributed by atoms with van der Waals surface area (Å²) in [6.07, 6.45) is 2.36. The van der Waals surface area contributed by atoms with Gasteiger partial charge in [0.25, 0.3) is 0 Å². The van der Waals surface area contributed by atoms with Crippen molar-refractivity contribution in [2.45, 2.75) is 46.6 Å². The molecule has 1 rings (SSSR count). The number of ether oxygens (including phenoxy) is 1. The summed E-state index contributed by atoms with van der Waals surface area (Å²) in [5.41, 5.74) is 2.46. The molecule has 0 atom stereocenters. The Bertz CT molecular complexity index is 332. The minimum atomic E-state index is 0.622. The zero-order valence-corrected chi connectivity index (χ0v) is 11.5. The highest BCUT2D eigenvalue weighted by Gasteiger charge is 2.02. The fourth-order valence-electron chi connectivity index (χ4n) is 1.86. The van der Waals surface area contributed by atoms with Crippen LogP contribution in [0.5, 0.6) is 5.75 Å². The topological polar surface area (TPSA) is 21.3 Å². The van der Waals surface area contributed by atoms with Crippen molar-refractivity contribution in [1.29, 1.82) is 0 Å². The summed E-state index contributed by atoms with van der Waals surface area (Å²) in [5, 5.41) is 3.50. The van der Waals surface area contributed by atoms with E-state index < -0.39 is 0 Å². The van der Waals surface area contributed by atoms with Gasteiger partial charge in [0.05, 0.1) is 0 Å². The molecule has 1 aromatic carbocycles. The summed E-state index contributed by atoms with van der Waals surface area (Å²) < 4.78 is 5.79. The maximum atomic E-state index is 5.79. The molecule has 96 valence electrons. The van der Waals surface area contributed by atoms with Gasteiger partial charge < -0.3 is 10.1 Å². The Labute approximate surface area is 105 Å². The molecule has 0 heterocycles. The van der Waals surface area contributed by atoms with E-state index >= 15 is 0 Å². The zero-order valence-electron chi connectivity index (χ0n) is 11.5. The Morgan fingerprint density at radius 1 is 1.18 bits per heavy atom. The molecule has 1 N–H and O–H groups in total. The van der Waals surface area contributed by atoms with Crippen molar-refractivity contribution in [2.24, 2.45) is 0 Å². The molecule has 0 aliphatic carbocycles. The lowest BCUT2D eigenvalue weighted by Crippen LogP contribution is -2.31. The van der Waals surface area contributed by atoms with Crippen LogP contribution < -0.4 is 10.1 Å². The van der Waals surface area contributed by atoms with E-state index in [4.69, 9.17) is 4.74 Å². The minimum absolute atomic E-state index is 0.622. The summed E-state index contributed by atoms with van der Waals surface area (Å²) in [6, 6.07) is 6.95. The average molecular weight is 235 g/mol. The van der Waals surface area contributed by atoms with E-state index in [-0.39, 0.29) is 0 Å². The van der Waals surface area contributed by atoms with Gasteiger partial charge in [0, 0.05) is 12.6 Å². The Hall–Kier alpha value is -1.02. The predicted octanol–water partition coefficient (Wildman–Crippen LogP) is 3.46. The molecule has 0 fully saturated rings. The van der Waals surface area contributed by atoms with Crippen molar-refractivity contribution in [3.8, 4) is 5.75 Å². The maximum absolute atomic E-state index is 5.79. The molecule has 2 nitrogen and oxygen atoms in total. The SMILES string of the molecule is CCC(CC)NCCOc1cc(C)ccc1C. The van der Waals surface area contributed by atoms with E-state index in [1.165, 1.54) is 24.0 Å². The van der Waals surface area contributed by atoms with Gasteiger partial charge in [0.1, 0.15) is 12.4 Å². The van der Waals surface area contributed by atoms with Crippen molar-refractivity contribution in [3.05, 3.63) is 29.3 Å². The maximum Gasteiger partial charge on any atom is 0.122 e. The fourth-order valence-corrected chi connectivity index (χ4v) is 1.86. The number of nitrogens with one attached hydrogen (secondary N) is 1. The Morgan fingerprint density at radius 2 is 1.88 bits per heavy atom. The molecule has 1 aromatic rings. The third-order valence-corrected chi connectivity index (χ3v) is 3.12. The van der Waals surface area contributed by atoms with Crippen molar-refractivity contribution in [2.75, 3.05) is 13.2 Å². The summed E-state index contributed by atoms with van der Waals surface area (Å²) in [5.74, 6) is 1.01. The molecular formula is C15H25NO. The van der Waals surface area contributed by atoms with Crippen LogP contribution in [-0.2, 0) is 0 Å². The van der Waals surface area contributed by atoms with Gasteiger partial charge >= 0.3 is 0 Å². The van der Waals surface area contributed by atoms with Gasteiger partial charge in [-0.1, -0.05) is 26.0 Å². The molecule has 0 radical (unpaired) electrons. The first-order valence-electron chi connectivity index (χ1n) is 6.60. The van der Waals surface area contributed by atoms with E-state index in [1.54, 1.807) is 0 Å². The van der Waals surface area contributed by atoms with Crippen molar-refractivity contribution >= 4 is 0 Å². The zero-order chi connectivity index (χ0) is 12.7. The van der Waals surface area contributed by atoms with E-state index in [1.807, 2.05) is 0 Å². The quantitative estimate of drug-likeness (QED) is 0.731. The largest absolute Gasteiger partial charge is 0.492 e. The third-order valence-electron chi connectivity index (χ3n) is 3.12. The van der Waals surface area contributed by atoms with Crippen LogP contribution in [0.15, 0.2) is 18.2 Å². The molecule has 17 heavy (non-hydrogen) atoms. The summed E-state index contributed by atoms with van der Waals surface area (Å²) in [4.78, 5) is 0. The van der Waals surface area contributed by atoms with Gasteiger partial charge in [0.2, 0.25) is 0 Å². The van der Waals surface area contributed by atoms with Crippen LogP contribution in [0, 0.1) is 13.8 Å². The van der Waals surface area contributed by atoms with Crippen LogP contribution in [0.25, 0.3) is 0 Å². The predicted molar refractivity (Wildman–Crippen MR) is 73.8 cm³/mol. The first-order chi connectivity index (χ1) is 8.17. The standard InChI is InChI=1S/C15H25NO/c1-5-14(6-2)16-9-10-17-15-11-12(3)7-8-13(15)4/h7-8,11,14,16H,5-6,9-10H2,1-4H3. The molecule has 0 unspecified atom stereocenters. The van der Waals surface area contributed by atoms with E-state index in [0.717, 1.165) is 18.9 Å². The Morgan fingerprint density at radius 3 is 2.53 bits per heavy atom. The molecule has 0 aromatic heterocycles. The molecule has 0 saturated carbocycles. The fraction of sp³-hybridized carbons (Fsp3) is 0.600. The van der Waals surface area contributed by atoms with E-state index in [0.29, 0.717) is 6.04 Å². The molecule has 2 heteroatoms. The first-order valence-corrected chi connectivity index (χ1v) is 6.60. The molecular weight excluding hydrogens is 210 g/mol. The number of rotatable bonds is 7. The molecule has 0 spiro atoms. The van der Waals surface area contributed by atoms with Crippen LogP contribution in [0.2, 0.25) is 0 Å². The molecule has 0 aliphatic rings. The normalized spacial score (nSPS) is 10.9. The van der Waals surface area contributed by atoms with E-state index in [2.05, 4.69) is 51.2 Å². The molecule has 0 amide bonds. The van der Waals surface area contributed by atoms with E-state index in [9.17, 15) is 0 Å². The highest BCUT2D eigenvalue weighted by atomic mass is 16.5. The molecule has 0 aliphatic heterocycles. The van der Waals surface area contributed by atoms with Crippen molar-refractivity contribution in [3.63, 3.8) is 0 Å². The summed E-state index contributed by atoms with van der Waals surface area (Å²) >= 11 is 0. The van der Waals surface area contributed by atoms with Crippen LogP contribution in [0.4, 0.5) is 0 Å². The van der Waals surface area contributed by atoms with Gasteiger partial charge in [-0.15, -0.1) is 0 Å². The van der Waals surface area contributed by atoms with Gasteiger partial charge in [-0.05, 0) is 43.9 Å². The molecule has 0 saturated heterocycles. The molecule has 0 bridgehead atoms. The Balaban J connectivity index is 2.33. The smallest absolute Gasteiger partial charge is 0.122 e. The van der Waals surface area contributed by atoms with Gasteiger partial charge in [-0.2, -0.15) is 0 Å². The van der Waals surface area contributed by atoms with Crippen LogP contribution in [0.3, 0.4) is 0 Å². The van der Waals surface area contributed by atoms with Crippen LogP contribution in [-0.4, -0.2) is 19.2 Å². The average Bonchev–Trinajstić information content (AvgIpc) is 2.33. The second-order valence-corrected chi connectivity index (χ2v) is 4.58. The number of benzene rings is 1. The third kappa shape index (κ3) is 4.78. The Kier molecular flexibility index (Phi) is 6.06. The van der Waals surface area contributed by atoms with Crippen molar-refractivity contribution in [1.82, 2.24) is 5.32 Å². The minimum Gasteiger partial charge on any atom is -0.492 e. The van der Waals surface area contributed by atoms with Crippen LogP contribution in [0.1, 0.15) is 37.8 Å². The van der Waals surface area contributed by atoms with Crippen LogP contribution >= 0.6 is 0 Å². The number of hydrogen-bond acceptors (Lipinski definition) is 2. The lowest BCUT2D eigenvalue weighted by molar-refractivity contribution is 0.300. The second kappa shape index (κ2) is 7.33. The first kappa shape index (κ1) is 14.0. The highest BCUT2D eigenvalue weighted by Crippen LogP contribution is 2.18. The number of hydrogen-bond donors (Lipinski definition) is 1. The summed E-state index contributed by atoms with van der Waals surface area (Å²) in [7, 11) is 0.